The lowest BCUT2D eigenvalue weighted by molar-refractivity contribution is -0.135. The molecule has 1 aromatic carbocycles. The average molecular weight is 211 g/mol. The van der Waals surface area contributed by atoms with E-state index in [0.717, 1.165) is 0 Å². The molecule has 0 saturated heterocycles. The molecule has 0 saturated carbocycles. The first-order chi connectivity index (χ1) is 7.02. The Hall–Kier alpha value is -2.24. The largest absolute Gasteiger partial charge is 0.507 e. The van der Waals surface area contributed by atoms with Gasteiger partial charge in [0.25, 0.3) is 5.91 Å². The van der Waals surface area contributed by atoms with E-state index in [1.807, 2.05) is 5.32 Å². The Balaban J connectivity index is 2.86. The van der Waals surface area contributed by atoms with Crippen molar-refractivity contribution in [2.45, 2.75) is 0 Å². The predicted octanol–water partition coefficient (Wildman–Crippen LogP) is -0.0878. The molecular weight excluding hydrogens is 202 g/mol. The third kappa shape index (κ3) is 2.60. The summed E-state index contributed by atoms with van der Waals surface area (Å²) >= 11 is 0. The molecule has 0 radical (unpaired) electrons. The third-order valence-electron chi connectivity index (χ3n) is 1.65. The van der Waals surface area contributed by atoms with Gasteiger partial charge in [0.2, 0.25) is 0 Å². The normalized spacial score (nSPS) is 9.60. The Morgan fingerprint density at radius 2 is 1.73 bits per heavy atom. The zero-order chi connectivity index (χ0) is 11.4. The van der Waals surface area contributed by atoms with E-state index in [0.29, 0.717) is 0 Å². The van der Waals surface area contributed by atoms with Crippen molar-refractivity contribution in [1.29, 1.82) is 0 Å². The molecule has 0 fully saturated rings. The molecule has 0 unspecified atom stereocenters. The second-order valence-electron chi connectivity index (χ2n) is 2.75. The topological polar surface area (TPSA) is 107 Å². The van der Waals surface area contributed by atoms with Crippen molar-refractivity contribution in [3.63, 3.8) is 0 Å². The Morgan fingerprint density at radius 3 is 2.20 bits per heavy atom. The van der Waals surface area contributed by atoms with E-state index in [4.69, 9.17) is 5.11 Å². The number of rotatable bonds is 3. The summed E-state index contributed by atoms with van der Waals surface area (Å²) in [6, 6.07) is 3.80. The van der Waals surface area contributed by atoms with Gasteiger partial charge >= 0.3 is 5.97 Å². The maximum Gasteiger partial charge on any atom is 0.322 e. The van der Waals surface area contributed by atoms with E-state index in [-0.39, 0.29) is 5.56 Å². The quantitative estimate of drug-likeness (QED) is 0.559. The zero-order valence-electron chi connectivity index (χ0n) is 7.60. The maximum atomic E-state index is 11.3. The van der Waals surface area contributed by atoms with Crippen LogP contribution in [0.1, 0.15) is 10.4 Å². The van der Waals surface area contributed by atoms with Crippen LogP contribution in [0.2, 0.25) is 0 Å². The lowest BCUT2D eigenvalue weighted by Gasteiger charge is -2.06. The second kappa shape index (κ2) is 4.32. The fourth-order valence-corrected chi connectivity index (χ4v) is 1.01. The van der Waals surface area contributed by atoms with E-state index in [2.05, 4.69) is 0 Å². The molecule has 1 aromatic rings. The fraction of sp³-hybridized carbons (Fsp3) is 0.111. The van der Waals surface area contributed by atoms with Crippen molar-refractivity contribution in [1.82, 2.24) is 5.32 Å². The van der Waals surface area contributed by atoms with Crippen LogP contribution in [0.4, 0.5) is 0 Å². The van der Waals surface area contributed by atoms with E-state index in [1.165, 1.54) is 18.2 Å². The molecule has 1 amide bonds. The Morgan fingerprint density at radius 1 is 1.20 bits per heavy atom. The van der Waals surface area contributed by atoms with Gasteiger partial charge in [-0.25, -0.2) is 0 Å². The Bertz CT molecular complexity index is 381. The van der Waals surface area contributed by atoms with E-state index >= 15 is 0 Å². The van der Waals surface area contributed by atoms with Gasteiger partial charge in [0, 0.05) is 0 Å². The summed E-state index contributed by atoms with van der Waals surface area (Å²) in [5, 5.41) is 28.8. The van der Waals surface area contributed by atoms with Gasteiger partial charge in [-0.15, -0.1) is 0 Å². The van der Waals surface area contributed by atoms with Gasteiger partial charge in [0.15, 0.2) is 0 Å². The van der Waals surface area contributed by atoms with Gasteiger partial charge in [-0.3, -0.25) is 9.59 Å². The van der Waals surface area contributed by atoms with Crippen LogP contribution in [0.3, 0.4) is 0 Å². The first kappa shape index (κ1) is 10.8. The molecule has 0 aliphatic heterocycles. The van der Waals surface area contributed by atoms with Crippen LogP contribution in [0.15, 0.2) is 18.2 Å². The number of nitrogens with one attached hydrogen (secondary N) is 1. The number of carbonyl (C=O) groups is 2. The second-order valence-corrected chi connectivity index (χ2v) is 2.75. The first-order valence-electron chi connectivity index (χ1n) is 4.03. The number of carboxylic acid groups (broad SMARTS) is 1. The molecule has 0 aliphatic carbocycles. The van der Waals surface area contributed by atoms with Gasteiger partial charge in [-0.1, -0.05) is 6.07 Å². The van der Waals surface area contributed by atoms with Gasteiger partial charge in [0.05, 0.1) is 0 Å². The zero-order valence-corrected chi connectivity index (χ0v) is 7.60. The summed E-state index contributed by atoms with van der Waals surface area (Å²) in [7, 11) is 0. The Kier molecular flexibility index (Phi) is 3.12. The SMILES string of the molecule is O=C(O)CNC(=O)c1c(O)cccc1O. The summed E-state index contributed by atoms with van der Waals surface area (Å²) in [6.45, 7) is -0.577. The van der Waals surface area contributed by atoms with Crippen LogP contribution in [0, 0.1) is 0 Å². The number of phenolic OH excluding ortho intramolecular Hbond substituents is 2. The van der Waals surface area contributed by atoms with E-state index < -0.39 is 29.9 Å². The number of hydrogen-bond donors (Lipinski definition) is 4. The minimum atomic E-state index is -1.21. The molecule has 0 heterocycles. The van der Waals surface area contributed by atoms with Crippen molar-refractivity contribution >= 4 is 11.9 Å². The van der Waals surface area contributed by atoms with Crippen LogP contribution < -0.4 is 5.32 Å². The molecule has 0 spiro atoms. The molecule has 15 heavy (non-hydrogen) atoms. The number of benzene rings is 1. The summed E-state index contributed by atoms with van der Waals surface area (Å²) in [5.74, 6) is -2.86. The Labute approximate surface area is 84.8 Å². The molecule has 80 valence electrons. The highest BCUT2D eigenvalue weighted by molar-refractivity contribution is 6.00. The minimum Gasteiger partial charge on any atom is -0.507 e. The van der Waals surface area contributed by atoms with Crippen molar-refractivity contribution < 1.29 is 24.9 Å². The van der Waals surface area contributed by atoms with Gasteiger partial charge in [0.1, 0.15) is 23.6 Å². The van der Waals surface area contributed by atoms with Crippen molar-refractivity contribution in [2.75, 3.05) is 6.54 Å². The maximum absolute atomic E-state index is 11.3. The average Bonchev–Trinajstić information content (AvgIpc) is 2.14. The molecule has 6 heteroatoms. The molecule has 0 atom stereocenters. The number of phenols is 2. The van der Waals surface area contributed by atoms with E-state index in [9.17, 15) is 19.8 Å². The standard InChI is InChI=1S/C9H9NO5/c11-5-2-1-3-6(12)8(5)9(15)10-4-7(13)14/h1-3,11-12H,4H2,(H,10,15)(H,13,14). The third-order valence-corrected chi connectivity index (χ3v) is 1.65. The highest BCUT2D eigenvalue weighted by Crippen LogP contribution is 2.25. The van der Waals surface area contributed by atoms with Crippen LogP contribution in [0.25, 0.3) is 0 Å². The fourth-order valence-electron chi connectivity index (χ4n) is 1.01. The highest BCUT2D eigenvalue weighted by atomic mass is 16.4. The molecule has 1 rings (SSSR count). The van der Waals surface area contributed by atoms with Crippen molar-refractivity contribution in [3.05, 3.63) is 23.8 Å². The monoisotopic (exact) mass is 211 g/mol. The molecule has 4 N–H and O–H groups in total. The van der Waals surface area contributed by atoms with Crippen LogP contribution in [0.5, 0.6) is 11.5 Å². The first-order valence-corrected chi connectivity index (χ1v) is 4.03. The molecule has 0 bridgehead atoms. The highest BCUT2D eigenvalue weighted by Gasteiger charge is 2.15. The molecule has 6 nitrogen and oxygen atoms in total. The minimum absolute atomic E-state index is 0.334. The number of carbonyl (C=O) groups excluding carboxylic acids is 1. The summed E-state index contributed by atoms with van der Waals surface area (Å²) in [5.41, 5.74) is -0.334. The lowest BCUT2D eigenvalue weighted by Crippen LogP contribution is -2.29. The number of carboxylic acids is 1. The smallest absolute Gasteiger partial charge is 0.322 e. The van der Waals surface area contributed by atoms with E-state index in [1.54, 1.807) is 0 Å². The van der Waals surface area contributed by atoms with Crippen molar-refractivity contribution in [3.8, 4) is 11.5 Å². The lowest BCUT2D eigenvalue weighted by atomic mass is 10.1. The van der Waals surface area contributed by atoms with Crippen LogP contribution in [-0.2, 0) is 4.79 Å². The number of aromatic hydroxyl groups is 2. The summed E-state index contributed by atoms with van der Waals surface area (Å²) in [6.07, 6.45) is 0. The van der Waals surface area contributed by atoms with Crippen LogP contribution >= 0.6 is 0 Å². The van der Waals surface area contributed by atoms with Gasteiger partial charge in [-0.05, 0) is 12.1 Å². The van der Waals surface area contributed by atoms with Crippen molar-refractivity contribution in [2.24, 2.45) is 0 Å². The van der Waals surface area contributed by atoms with Crippen LogP contribution in [-0.4, -0.2) is 33.7 Å². The number of hydrogen-bond acceptors (Lipinski definition) is 4. The molecule has 0 aliphatic rings. The number of aliphatic carboxylic acids is 1. The summed E-state index contributed by atoms with van der Waals surface area (Å²) < 4.78 is 0. The van der Waals surface area contributed by atoms with Gasteiger partial charge in [-0.2, -0.15) is 0 Å². The molecule has 0 aromatic heterocycles. The predicted molar refractivity (Wildman–Crippen MR) is 49.7 cm³/mol. The molecular formula is C9H9NO5. The summed E-state index contributed by atoms with van der Waals surface area (Å²) in [4.78, 5) is 21.5. The number of amides is 1. The van der Waals surface area contributed by atoms with Gasteiger partial charge < -0.3 is 20.6 Å².